The molecule has 0 aliphatic heterocycles. The van der Waals surface area contributed by atoms with Gasteiger partial charge in [0.05, 0.1) is 31.7 Å². The molecule has 3 rings (SSSR count). The number of hydrogen-bond acceptors (Lipinski definition) is 4. The van der Waals surface area contributed by atoms with Crippen LogP contribution < -0.4 is 10.1 Å². The van der Waals surface area contributed by atoms with Crippen molar-refractivity contribution < 1.29 is 13.9 Å². The Morgan fingerprint density at radius 2 is 2.12 bits per heavy atom. The maximum atomic E-state index is 14.4. The maximum Gasteiger partial charge on any atom is 0.232 e. The highest BCUT2D eigenvalue weighted by atomic mass is 19.1. The van der Waals surface area contributed by atoms with Crippen molar-refractivity contribution >= 4 is 16.8 Å². The molecule has 24 heavy (non-hydrogen) atoms. The molecule has 0 bridgehead atoms. The molecule has 3 aromatic rings. The summed E-state index contributed by atoms with van der Waals surface area (Å²) < 4.78 is 19.3. The number of nitrogens with one attached hydrogen (secondary N) is 2. The van der Waals surface area contributed by atoms with E-state index in [-0.39, 0.29) is 11.7 Å². The van der Waals surface area contributed by atoms with Gasteiger partial charge in [-0.1, -0.05) is 6.92 Å². The smallest absolute Gasteiger partial charge is 0.232 e. The van der Waals surface area contributed by atoms with Gasteiger partial charge in [-0.3, -0.25) is 4.79 Å². The van der Waals surface area contributed by atoms with E-state index >= 15 is 0 Å². The number of aromatic amines is 1. The summed E-state index contributed by atoms with van der Waals surface area (Å²) in [5.74, 6) is -0.0480. The summed E-state index contributed by atoms with van der Waals surface area (Å²) in [5, 5.41) is 3.52. The van der Waals surface area contributed by atoms with Crippen LogP contribution in [0.25, 0.3) is 22.2 Å². The van der Waals surface area contributed by atoms with E-state index in [9.17, 15) is 9.18 Å². The van der Waals surface area contributed by atoms with E-state index in [0.717, 1.165) is 16.6 Å². The lowest BCUT2D eigenvalue weighted by Gasteiger charge is -2.04. The number of ether oxygens (including phenoxy) is 1. The average Bonchev–Trinajstić information content (AvgIpc) is 3.00. The second kappa shape index (κ2) is 6.66. The Morgan fingerprint density at radius 3 is 2.79 bits per heavy atom. The predicted molar refractivity (Wildman–Crippen MR) is 88.0 cm³/mol. The lowest BCUT2D eigenvalue weighted by atomic mass is 10.1. The van der Waals surface area contributed by atoms with Gasteiger partial charge in [-0.15, -0.1) is 0 Å². The molecule has 0 aliphatic carbocycles. The summed E-state index contributed by atoms with van der Waals surface area (Å²) in [6.45, 7) is 2.17. The van der Waals surface area contributed by atoms with Crippen LogP contribution in [0.5, 0.6) is 5.88 Å². The summed E-state index contributed by atoms with van der Waals surface area (Å²) in [4.78, 5) is 22.7. The number of carbonyl (C=O) groups is 1. The minimum absolute atomic E-state index is 0.0333. The number of rotatable bonds is 5. The number of amides is 1. The number of halogens is 1. The van der Waals surface area contributed by atoms with Gasteiger partial charge < -0.3 is 15.0 Å². The fourth-order valence-corrected chi connectivity index (χ4v) is 2.38. The van der Waals surface area contributed by atoms with Crippen LogP contribution in [0.3, 0.4) is 0 Å². The second-order valence-electron chi connectivity index (χ2n) is 5.29. The average molecular weight is 328 g/mol. The summed E-state index contributed by atoms with van der Waals surface area (Å²) in [5.41, 5.74) is 2.35. The zero-order valence-corrected chi connectivity index (χ0v) is 13.4. The fraction of sp³-hybridized carbons (Fsp3) is 0.235. The molecule has 0 aliphatic rings. The Hall–Kier alpha value is -2.96. The highest BCUT2D eigenvalue weighted by molar-refractivity contribution is 5.85. The van der Waals surface area contributed by atoms with Crippen LogP contribution in [-0.4, -0.2) is 28.0 Å². The van der Waals surface area contributed by atoms with Crippen LogP contribution in [0, 0.1) is 5.82 Å². The first kappa shape index (κ1) is 15.9. The molecule has 124 valence electrons. The van der Waals surface area contributed by atoms with Gasteiger partial charge in [0.15, 0.2) is 0 Å². The van der Waals surface area contributed by atoms with Crippen molar-refractivity contribution in [2.75, 3.05) is 7.11 Å². The SMILES string of the molecule is CCC(=O)NCc1cc2cc(F)c(-c3cnc(OC)cn3)cc2[nH]1. The molecule has 0 spiro atoms. The van der Waals surface area contributed by atoms with Crippen LogP contribution in [0.15, 0.2) is 30.6 Å². The third-order valence-electron chi connectivity index (χ3n) is 3.67. The molecule has 0 atom stereocenters. The molecule has 7 heteroatoms. The van der Waals surface area contributed by atoms with E-state index in [1.165, 1.54) is 25.6 Å². The Kier molecular flexibility index (Phi) is 4.41. The quantitative estimate of drug-likeness (QED) is 0.755. The number of carbonyl (C=O) groups excluding carboxylic acids is 1. The Morgan fingerprint density at radius 1 is 1.29 bits per heavy atom. The lowest BCUT2D eigenvalue weighted by Crippen LogP contribution is -2.21. The first-order valence-corrected chi connectivity index (χ1v) is 7.55. The third kappa shape index (κ3) is 3.19. The predicted octanol–water partition coefficient (Wildman–Crippen LogP) is 2.80. The summed E-state index contributed by atoms with van der Waals surface area (Å²) in [7, 11) is 1.49. The number of fused-ring (bicyclic) bond motifs is 1. The van der Waals surface area contributed by atoms with Crippen molar-refractivity contribution in [2.24, 2.45) is 0 Å². The van der Waals surface area contributed by atoms with Gasteiger partial charge in [0.1, 0.15) is 5.82 Å². The van der Waals surface area contributed by atoms with Gasteiger partial charge in [0.25, 0.3) is 0 Å². The molecule has 2 aromatic heterocycles. The molecule has 2 heterocycles. The highest BCUT2D eigenvalue weighted by Gasteiger charge is 2.11. The van der Waals surface area contributed by atoms with E-state index in [1.54, 1.807) is 13.0 Å². The van der Waals surface area contributed by atoms with Crippen molar-refractivity contribution in [3.63, 3.8) is 0 Å². The van der Waals surface area contributed by atoms with Crippen LogP contribution in [0.2, 0.25) is 0 Å². The van der Waals surface area contributed by atoms with E-state index < -0.39 is 0 Å². The maximum absolute atomic E-state index is 14.4. The van der Waals surface area contributed by atoms with E-state index in [4.69, 9.17) is 4.74 Å². The number of hydrogen-bond donors (Lipinski definition) is 2. The summed E-state index contributed by atoms with van der Waals surface area (Å²) in [6, 6.07) is 4.95. The molecule has 0 saturated heterocycles. The zero-order chi connectivity index (χ0) is 17.1. The van der Waals surface area contributed by atoms with E-state index in [0.29, 0.717) is 30.1 Å². The largest absolute Gasteiger partial charge is 0.480 e. The lowest BCUT2D eigenvalue weighted by molar-refractivity contribution is -0.120. The van der Waals surface area contributed by atoms with E-state index in [2.05, 4.69) is 20.3 Å². The highest BCUT2D eigenvalue weighted by Crippen LogP contribution is 2.27. The van der Waals surface area contributed by atoms with Crippen LogP contribution >= 0.6 is 0 Å². The van der Waals surface area contributed by atoms with E-state index in [1.807, 2.05) is 6.07 Å². The first-order valence-electron chi connectivity index (χ1n) is 7.55. The van der Waals surface area contributed by atoms with Gasteiger partial charge in [-0.2, -0.15) is 0 Å². The van der Waals surface area contributed by atoms with Crippen molar-refractivity contribution in [2.45, 2.75) is 19.9 Å². The van der Waals surface area contributed by atoms with Crippen molar-refractivity contribution in [1.82, 2.24) is 20.3 Å². The number of nitrogens with zero attached hydrogens (tertiary/aromatic N) is 2. The number of benzene rings is 1. The minimum Gasteiger partial charge on any atom is -0.480 e. The molecule has 1 amide bonds. The topological polar surface area (TPSA) is 79.9 Å². The third-order valence-corrected chi connectivity index (χ3v) is 3.67. The van der Waals surface area contributed by atoms with Crippen molar-refractivity contribution in [3.8, 4) is 17.1 Å². The molecule has 2 N–H and O–H groups in total. The number of H-pyrrole nitrogens is 1. The number of methoxy groups -OCH3 is 1. The fourth-order valence-electron chi connectivity index (χ4n) is 2.38. The van der Waals surface area contributed by atoms with Crippen LogP contribution in [0.4, 0.5) is 4.39 Å². The molecule has 6 nitrogen and oxygen atoms in total. The Bertz CT molecular complexity index is 874. The van der Waals surface area contributed by atoms with Crippen LogP contribution in [0.1, 0.15) is 19.0 Å². The van der Waals surface area contributed by atoms with Gasteiger partial charge in [0.2, 0.25) is 11.8 Å². The van der Waals surface area contributed by atoms with Gasteiger partial charge >= 0.3 is 0 Å². The normalized spacial score (nSPS) is 10.8. The second-order valence-corrected chi connectivity index (χ2v) is 5.29. The Balaban J connectivity index is 1.92. The molecule has 1 aromatic carbocycles. The molecule has 0 unspecified atom stereocenters. The summed E-state index contributed by atoms with van der Waals surface area (Å²) in [6.07, 6.45) is 3.34. The van der Waals surface area contributed by atoms with Crippen LogP contribution in [-0.2, 0) is 11.3 Å². The molecular formula is C17H17FN4O2. The first-order chi connectivity index (χ1) is 11.6. The molecular weight excluding hydrogens is 311 g/mol. The molecule has 0 radical (unpaired) electrons. The van der Waals surface area contributed by atoms with Gasteiger partial charge in [-0.05, 0) is 18.2 Å². The standard InChI is InChI=1S/C17H17FN4O2/c1-3-16(23)20-7-11-4-10-5-13(18)12(6-14(10)22-11)15-8-21-17(24-2)9-19-15/h4-6,8-9,22H,3,7H2,1-2H3,(H,20,23). The molecule has 0 saturated carbocycles. The van der Waals surface area contributed by atoms with Crippen molar-refractivity contribution in [3.05, 3.63) is 42.1 Å². The summed E-state index contributed by atoms with van der Waals surface area (Å²) >= 11 is 0. The monoisotopic (exact) mass is 328 g/mol. The van der Waals surface area contributed by atoms with Gasteiger partial charge in [0, 0.05) is 28.6 Å². The Labute approximate surface area is 138 Å². The van der Waals surface area contributed by atoms with Gasteiger partial charge in [-0.25, -0.2) is 14.4 Å². The number of aromatic nitrogens is 3. The minimum atomic E-state index is -0.384. The van der Waals surface area contributed by atoms with Crippen molar-refractivity contribution in [1.29, 1.82) is 0 Å². The molecule has 0 fully saturated rings. The zero-order valence-electron chi connectivity index (χ0n) is 13.4.